The van der Waals surface area contributed by atoms with Crippen molar-refractivity contribution >= 4 is 23.6 Å². The van der Waals surface area contributed by atoms with Crippen LogP contribution in [0.15, 0.2) is 42.5 Å². The van der Waals surface area contributed by atoms with Crippen LogP contribution in [0.2, 0.25) is 0 Å². The molecule has 2 aromatic carbocycles. The van der Waals surface area contributed by atoms with Crippen molar-refractivity contribution < 1.29 is 24.2 Å². The van der Waals surface area contributed by atoms with E-state index in [0.717, 1.165) is 24.8 Å². The predicted octanol–water partition coefficient (Wildman–Crippen LogP) is 4.59. The van der Waals surface area contributed by atoms with Crippen molar-refractivity contribution in [2.45, 2.75) is 71.6 Å². The zero-order valence-electron chi connectivity index (χ0n) is 21.1. The topological polar surface area (TPSA) is 108 Å². The van der Waals surface area contributed by atoms with E-state index in [1.165, 1.54) is 4.90 Å². The smallest absolute Gasteiger partial charge is 0.408 e. The maximum Gasteiger partial charge on any atom is 0.408 e. The SMILES string of the molecule is Cc1ccccc1NC(=O)C(c1cccc(C)c1O)N(C(=O)CNC(=O)OC(C)(C)C)C1CCC1. The Morgan fingerprint density at radius 2 is 1.71 bits per heavy atom. The van der Waals surface area contributed by atoms with Gasteiger partial charge in [0.25, 0.3) is 5.91 Å². The molecule has 1 aliphatic rings. The molecular weight excluding hydrogens is 446 g/mol. The maximum absolute atomic E-state index is 13.7. The molecule has 8 nitrogen and oxygen atoms in total. The molecule has 3 amide bonds. The number of phenolic OH excluding ortho intramolecular Hbond substituents is 1. The van der Waals surface area contributed by atoms with E-state index < -0.39 is 29.6 Å². The fourth-order valence-corrected chi connectivity index (χ4v) is 4.01. The van der Waals surface area contributed by atoms with Gasteiger partial charge in [0.05, 0.1) is 0 Å². The number of hydrogen-bond donors (Lipinski definition) is 3. The third-order valence-corrected chi connectivity index (χ3v) is 6.03. The van der Waals surface area contributed by atoms with E-state index in [0.29, 0.717) is 16.8 Å². The summed E-state index contributed by atoms with van der Waals surface area (Å²) in [6.07, 6.45) is 1.69. The van der Waals surface area contributed by atoms with Gasteiger partial charge in [0.2, 0.25) is 5.91 Å². The number of nitrogens with one attached hydrogen (secondary N) is 2. The molecule has 0 radical (unpaired) electrons. The van der Waals surface area contributed by atoms with E-state index in [9.17, 15) is 19.5 Å². The lowest BCUT2D eigenvalue weighted by Crippen LogP contribution is -2.53. The summed E-state index contributed by atoms with van der Waals surface area (Å²) in [6, 6.07) is 11.3. The Kier molecular flexibility index (Phi) is 8.04. The fourth-order valence-electron chi connectivity index (χ4n) is 4.01. The Bertz CT molecular complexity index is 1090. The molecule has 188 valence electrons. The van der Waals surface area contributed by atoms with Gasteiger partial charge in [-0.05, 0) is 71.1 Å². The first-order valence-corrected chi connectivity index (χ1v) is 11.9. The van der Waals surface area contributed by atoms with Crippen LogP contribution in [-0.2, 0) is 14.3 Å². The van der Waals surface area contributed by atoms with Crippen LogP contribution in [-0.4, -0.2) is 46.1 Å². The van der Waals surface area contributed by atoms with Crippen molar-refractivity contribution in [3.8, 4) is 5.75 Å². The Morgan fingerprint density at radius 3 is 2.31 bits per heavy atom. The lowest BCUT2D eigenvalue weighted by molar-refractivity contribution is -0.143. The molecule has 3 N–H and O–H groups in total. The van der Waals surface area contributed by atoms with Crippen LogP contribution in [0, 0.1) is 13.8 Å². The van der Waals surface area contributed by atoms with Gasteiger partial charge in [0.15, 0.2) is 0 Å². The van der Waals surface area contributed by atoms with Gasteiger partial charge < -0.3 is 25.4 Å². The molecule has 1 aliphatic carbocycles. The normalized spacial score (nSPS) is 14.4. The van der Waals surface area contributed by atoms with Crippen molar-refractivity contribution in [3.63, 3.8) is 0 Å². The summed E-state index contributed by atoms with van der Waals surface area (Å²) in [6.45, 7) is 8.51. The van der Waals surface area contributed by atoms with Gasteiger partial charge in [-0.1, -0.05) is 36.4 Å². The number of hydrogen-bond acceptors (Lipinski definition) is 5. The zero-order chi connectivity index (χ0) is 25.8. The average molecular weight is 482 g/mol. The van der Waals surface area contributed by atoms with Crippen LogP contribution >= 0.6 is 0 Å². The predicted molar refractivity (Wildman–Crippen MR) is 134 cm³/mol. The molecular formula is C27H35N3O5. The molecule has 0 saturated heterocycles. The molecule has 35 heavy (non-hydrogen) atoms. The third kappa shape index (κ3) is 6.53. The standard InChI is InChI=1S/C27H35N3O5/c1-17-10-6-7-15-21(17)29-25(33)23(20-14-8-11-18(2)24(20)32)30(19-12-9-13-19)22(31)16-28-26(34)35-27(3,4)5/h6-8,10-11,14-15,19,23,32H,9,12-13,16H2,1-5H3,(H,28,34)(H,29,33). The lowest BCUT2D eigenvalue weighted by atomic mass is 9.88. The molecule has 3 rings (SSSR count). The molecule has 2 aromatic rings. The van der Waals surface area contributed by atoms with Gasteiger partial charge in [0, 0.05) is 17.3 Å². The number of rotatable bonds is 7. The molecule has 1 unspecified atom stereocenters. The first-order valence-electron chi connectivity index (χ1n) is 11.9. The van der Waals surface area contributed by atoms with Gasteiger partial charge in [-0.2, -0.15) is 0 Å². The maximum atomic E-state index is 13.7. The summed E-state index contributed by atoms with van der Waals surface area (Å²) in [7, 11) is 0. The molecule has 1 saturated carbocycles. The number of phenols is 1. The van der Waals surface area contributed by atoms with Crippen molar-refractivity contribution in [2.75, 3.05) is 11.9 Å². The Balaban J connectivity index is 1.95. The summed E-state index contributed by atoms with van der Waals surface area (Å²) >= 11 is 0. The second kappa shape index (κ2) is 10.8. The first-order chi connectivity index (χ1) is 16.5. The minimum Gasteiger partial charge on any atom is -0.507 e. The highest BCUT2D eigenvalue weighted by Crippen LogP contribution is 2.38. The minimum atomic E-state index is -1.08. The van der Waals surface area contributed by atoms with Crippen molar-refractivity contribution in [2.24, 2.45) is 0 Å². The van der Waals surface area contributed by atoms with E-state index in [4.69, 9.17) is 4.74 Å². The highest BCUT2D eigenvalue weighted by molar-refractivity contribution is 5.99. The molecule has 0 aromatic heterocycles. The molecule has 0 aliphatic heterocycles. The molecule has 8 heteroatoms. The van der Waals surface area contributed by atoms with E-state index in [-0.39, 0.29) is 18.3 Å². The summed E-state index contributed by atoms with van der Waals surface area (Å²) in [5.41, 5.74) is 1.74. The molecule has 1 fully saturated rings. The van der Waals surface area contributed by atoms with Gasteiger partial charge in [0.1, 0.15) is 23.9 Å². The molecule has 0 bridgehead atoms. The second-order valence-electron chi connectivity index (χ2n) is 9.96. The summed E-state index contributed by atoms with van der Waals surface area (Å²) in [5, 5.41) is 16.3. The average Bonchev–Trinajstić information content (AvgIpc) is 2.73. The number of carbonyl (C=O) groups excluding carboxylic acids is 3. The number of benzene rings is 2. The largest absolute Gasteiger partial charge is 0.507 e. The number of amides is 3. The number of nitrogens with zero attached hydrogens (tertiary/aromatic N) is 1. The number of para-hydroxylation sites is 2. The van der Waals surface area contributed by atoms with Crippen LogP contribution < -0.4 is 10.6 Å². The van der Waals surface area contributed by atoms with Crippen LogP contribution in [0.4, 0.5) is 10.5 Å². The van der Waals surface area contributed by atoms with Crippen LogP contribution in [0.1, 0.15) is 62.8 Å². The lowest BCUT2D eigenvalue weighted by Gasteiger charge is -2.42. The molecule has 0 spiro atoms. The summed E-state index contributed by atoms with van der Waals surface area (Å²) in [4.78, 5) is 40.9. The van der Waals surface area contributed by atoms with Gasteiger partial charge in [-0.25, -0.2) is 4.79 Å². The number of anilines is 1. The number of aromatic hydroxyl groups is 1. The first kappa shape index (κ1) is 26.1. The number of ether oxygens (including phenoxy) is 1. The van der Waals surface area contributed by atoms with Crippen LogP contribution in [0.3, 0.4) is 0 Å². The van der Waals surface area contributed by atoms with Crippen LogP contribution in [0.5, 0.6) is 5.75 Å². The molecule has 1 atom stereocenters. The van der Waals surface area contributed by atoms with E-state index in [1.54, 1.807) is 52.0 Å². The van der Waals surface area contributed by atoms with E-state index in [1.807, 2.05) is 25.1 Å². The van der Waals surface area contributed by atoms with Crippen molar-refractivity contribution in [1.29, 1.82) is 0 Å². The minimum absolute atomic E-state index is 0.0327. The van der Waals surface area contributed by atoms with Gasteiger partial charge >= 0.3 is 6.09 Å². The highest BCUT2D eigenvalue weighted by atomic mass is 16.6. The Morgan fingerprint density at radius 1 is 1.06 bits per heavy atom. The van der Waals surface area contributed by atoms with Crippen molar-refractivity contribution in [3.05, 3.63) is 59.2 Å². The highest BCUT2D eigenvalue weighted by Gasteiger charge is 2.40. The quantitative estimate of drug-likeness (QED) is 0.536. The van der Waals surface area contributed by atoms with Crippen molar-refractivity contribution in [1.82, 2.24) is 10.2 Å². The zero-order valence-corrected chi connectivity index (χ0v) is 21.1. The van der Waals surface area contributed by atoms with E-state index >= 15 is 0 Å². The van der Waals surface area contributed by atoms with Gasteiger partial charge in [-0.3, -0.25) is 9.59 Å². The fraction of sp³-hybridized carbons (Fsp3) is 0.444. The number of aryl methyl sites for hydroxylation is 2. The Labute approximate surface area is 206 Å². The summed E-state index contributed by atoms with van der Waals surface area (Å²) in [5.74, 6) is -0.890. The second-order valence-corrected chi connectivity index (χ2v) is 9.96. The van der Waals surface area contributed by atoms with Crippen LogP contribution in [0.25, 0.3) is 0 Å². The van der Waals surface area contributed by atoms with Gasteiger partial charge in [-0.15, -0.1) is 0 Å². The number of alkyl carbamates (subject to hydrolysis) is 1. The third-order valence-electron chi connectivity index (χ3n) is 6.03. The monoisotopic (exact) mass is 481 g/mol. The number of carbonyl (C=O) groups is 3. The summed E-state index contributed by atoms with van der Waals surface area (Å²) < 4.78 is 5.25. The van der Waals surface area contributed by atoms with E-state index in [2.05, 4.69) is 10.6 Å². The Hall–Kier alpha value is -3.55. The molecule has 0 heterocycles.